The Bertz CT molecular complexity index is 735. The van der Waals surface area contributed by atoms with Gasteiger partial charge in [0.05, 0.1) is 17.9 Å². The maximum atomic E-state index is 12.1. The average molecular weight is 391 g/mol. The fourth-order valence-corrected chi connectivity index (χ4v) is 3.72. The zero-order valence-electron chi connectivity index (χ0n) is 15.0. The van der Waals surface area contributed by atoms with Gasteiger partial charge in [-0.25, -0.2) is 0 Å². The second kappa shape index (κ2) is 9.18. The number of piperidine rings is 1. The van der Waals surface area contributed by atoms with E-state index < -0.39 is 11.8 Å². The Morgan fingerprint density at radius 3 is 2.70 bits per heavy atom. The highest BCUT2D eigenvalue weighted by atomic mass is 35.5. The molecule has 1 atom stereocenters. The number of likely N-dealkylation sites (tertiary alicyclic amines) is 1. The molecule has 1 aromatic carbocycles. The van der Waals surface area contributed by atoms with Gasteiger partial charge in [-0.1, -0.05) is 11.6 Å². The van der Waals surface area contributed by atoms with Crippen molar-refractivity contribution in [1.29, 1.82) is 5.26 Å². The summed E-state index contributed by atoms with van der Waals surface area (Å²) in [5.41, 5.74) is 0.487. The molecule has 2 aliphatic heterocycles. The number of nitrogens with one attached hydrogen (secondary N) is 2. The predicted molar refractivity (Wildman–Crippen MR) is 101 cm³/mol. The monoisotopic (exact) mass is 390 g/mol. The van der Waals surface area contributed by atoms with Gasteiger partial charge < -0.3 is 15.4 Å². The van der Waals surface area contributed by atoms with E-state index in [2.05, 4.69) is 15.5 Å². The van der Waals surface area contributed by atoms with Crippen molar-refractivity contribution in [2.45, 2.75) is 25.3 Å². The molecule has 0 radical (unpaired) electrons. The molecular weight excluding hydrogens is 368 g/mol. The SMILES string of the molecule is N#Cc1ccc(Cl)cc1NC(=O)C(=O)NCC1CCN([C@@H]2CCOC2)CC1. The van der Waals surface area contributed by atoms with E-state index in [9.17, 15) is 9.59 Å². The summed E-state index contributed by atoms with van der Waals surface area (Å²) in [6.07, 6.45) is 3.08. The highest BCUT2D eigenvalue weighted by molar-refractivity contribution is 6.40. The van der Waals surface area contributed by atoms with Crippen LogP contribution in [0.1, 0.15) is 24.8 Å². The number of nitrogens with zero attached hydrogens (tertiary/aromatic N) is 2. The number of ether oxygens (including phenoxy) is 1. The molecule has 7 nitrogen and oxygen atoms in total. The molecule has 8 heteroatoms. The fraction of sp³-hybridized carbons (Fsp3) is 0.526. The number of nitriles is 1. The first-order valence-corrected chi connectivity index (χ1v) is 9.55. The molecule has 2 aliphatic rings. The number of carbonyl (C=O) groups excluding carboxylic acids is 2. The molecule has 1 aromatic rings. The van der Waals surface area contributed by atoms with E-state index in [1.807, 2.05) is 6.07 Å². The minimum atomic E-state index is -0.797. The Morgan fingerprint density at radius 2 is 2.04 bits per heavy atom. The molecule has 2 saturated heterocycles. The molecule has 0 aromatic heterocycles. The highest BCUT2D eigenvalue weighted by Crippen LogP contribution is 2.22. The van der Waals surface area contributed by atoms with Gasteiger partial charge in [0.2, 0.25) is 0 Å². The standard InChI is InChI=1S/C19H23ClN4O3/c20-15-2-1-14(10-21)17(9-15)23-19(26)18(25)22-11-13-3-6-24(7-4-13)16-5-8-27-12-16/h1-2,9,13,16H,3-8,11-12H2,(H,22,25)(H,23,26)/t16-/m1/s1. The van der Waals surface area contributed by atoms with Crippen LogP contribution in [0, 0.1) is 17.2 Å². The highest BCUT2D eigenvalue weighted by Gasteiger charge is 2.28. The van der Waals surface area contributed by atoms with Crippen LogP contribution in [-0.2, 0) is 14.3 Å². The molecule has 144 valence electrons. The van der Waals surface area contributed by atoms with Crippen LogP contribution in [0.4, 0.5) is 5.69 Å². The molecule has 2 amide bonds. The van der Waals surface area contributed by atoms with Gasteiger partial charge in [-0.15, -0.1) is 0 Å². The van der Waals surface area contributed by atoms with Gasteiger partial charge in [0, 0.05) is 24.2 Å². The topological polar surface area (TPSA) is 94.5 Å². The van der Waals surface area contributed by atoms with E-state index in [1.165, 1.54) is 12.1 Å². The summed E-state index contributed by atoms with van der Waals surface area (Å²) in [4.78, 5) is 26.6. The van der Waals surface area contributed by atoms with Crippen LogP contribution in [0.25, 0.3) is 0 Å². The van der Waals surface area contributed by atoms with Gasteiger partial charge in [-0.3, -0.25) is 14.5 Å². The third-order valence-electron chi connectivity index (χ3n) is 5.18. The van der Waals surface area contributed by atoms with Crippen molar-refractivity contribution < 1.29 is 14.3 Å². The van der Waals surface area contributed by atoms with Crippen LogP contribution < -0.4 is 10.6 Å². The summed E-state index contributed by atoms with van der Waals surface area (Å²) < 4.78 is 5.44. The minimum Gasteiger partial charge on any atom is -0.380 e. The van der Waals surface area contributed by atoms with Gasteiger partial charge in [-0.05, 0) is 56.5 Å². The predicted octanol–water partition coefficient (Wildman–Crippen LogP) is 1.77. The Morgan fingerprint density at radius 1 is 1.26 bits per heavy atom. The van der Waals surface area contributed by atoms with Crippen LogP contribution in [0.15, 0.2) is 18.2 Å². The number of anilines is 1. The lowest BCUT2D eigenvalue weighted by molar-refractivity contribution is -0.136. The number of hydrogen-bond donors (Lipinski definition) is 2. The molecule has 0 bridgehead atoms. The number of benzene rings is 1. The maximum absolute atomic E-state index is 12.1. The summed E-state index contributed by atoms with van der Waals surface area (Å²) in [7, 11) is 0. The van der Waals surface area contributed by atoms with E-state index in [1.54, 1.807) is 6.07 Å². The number of hydrogen-bond acceptors (Lipinski definition) is 5. The number of carbonyl (C=O) groups is 2. The van der Waals surface area contributed by atoms with Crippen LogP contribution in [0.5, 0.6) is 0 Å². The van der Waals surface area contributed by atoms with Crippen molar-refractivity contribution in [2.24, 2.45) is 5.92 Å². The first-order valence-electron chi connectivity index (χ1n) is 9.17. The number of amides is 2. The molecule has 0 unspecified atom stereocenters. The third-order valence-corrected chi connectivity index (χ3v) is 5.41. The Hall–Kier alpha value is -2.14. The van der Waals surface area contributed by atoms with Crippen molar-refractivity contribution >= 4 is 29.1 Å². The molecular formula is C19H23ClN4O3. The van der Waals surface area contributed by atoms with E-state index >= 15 is 0 Å². The largest absolute Gasteiger partial charge is 0.380 e. The van der Waals surface area contributed by atoms with Crippen molar-refractivity contribution in [1.82, 2.24) is 10.2 Å². The molecule has 2 heterocycles. The molecule has 2 N–H and O–H groups in total. The summed E-state index contributed by atoms with van der Waals surface area (Å²) in [5.74, 6) is -1.14. The van der Waals surface area contributed by atoms with Crippen molar-refractivity contribution in [2.75, 3.05) is 38.2 Å². The maximum Gasteiger partial charge on any atom is 0.313 e. The van der Waals surface area contributed by atoms with E-state index in [0.717, 1.165) is 45.6 Å². The van der Waals surface area contributed by atoms with Crippen LogP contribution >= 0.6 is 11.6 Å². The lowest BCUT2D eigenvalue weighted by Crippen LogP contribution is -2.45. The van der Waals surface area contributed by atoms with E-state index in [0.29, 0.717) is 23.5 Å². The minimum absolute atomic E-state index is 0.234. The van der Waals surface area contributed by atoms with Crippen molar-refractivity contribution in [3.63, 3.8) is 0 Å². The van der Waals surface area contributed by atoms with Crippen LogP contribution in [0.3, 0.4) is 0 Å². The van der Waals surface area contributed by atoms with Crippen molar-refractivity contribution in [3.8, 4) is 6.07 Å². The molecule has 27 heavy (non-hydrogen) atoms. The van der Waals surface area contributed by atoms with Gasteiger partial charge in [0.15, 0.2) is 0 Å². The van der Waals surface area contributed by atoms with E-state index in [-0.39, 0.29) is 11.3 Å². The first kappa shape index (κ1) is 19.6. The summed E-state index contributed by atoms with van der Waals surface area (Å²) in [6.45, 7) is 4.12. The zero-order valence-corrected chi connectivity index (χ0v) is 15.8. The average Bonchev–Trinajstić information content (AvgIpc) is 3.21. The molecule has 2 fully saturated rings. The van der Waals surface area contributed by atoms with E-state index in [4.69, 9.17) is 21.6 Å². The molecule has 0 saturated carbocycles. The normalized spacial score (nSPS) is 20.8. The van der Waals surface area contributed by atoms with Gasteiger partial charge >= 0.3 is 11.8 Å². The number of halogens is 1. The summed E-state index contributed by atoms with van der Waals surface area (Å²) in [5, 5.41) is 14.6. The zero-order chi connectivity index (χ0) is 19.2. The van der Waals surface area contributed by atoms with Crippen LogP contribution in [0.2, 0.25) is 5.02 Å². The Labute approximate surface area is 163 Å². The van der Waals surface area contributed by atoms with Crippen LogP contribution in [-0.4, -0.2) is 55.6 Å². The molecule has 0 spiro atoms. The van der Waals surface area contributed by atoms with Gasteiger partial charge in [0.25, 0.3) is 0 Å². The summed E-state index contributed by atoms with van der Waals surface area (Å²) >= 11 is 5.89. The Balaban J connectivity index is 1.44. The van der Waals surface area contributed by atoms with Gasteiger partial charge in [-0.2, -0.15) is 5.26 Å². The second-order valence-corrected chi connectivity index (χ2v) is 7.40. The number of rotatable bonds is 4. The van der Waals surface area contributed by atoms with Crippen molar-refractivity contribution in [3.05, 3.63) is 28.8 Å². The molecule has 0 aliphatic carbocycles. The lowest BCUT2D eigenvalue weighted by Gasteiger charge is -2.35. The quantitative estimate of drug-likeness (QED) is 0.764. The lowest BCUT2D eigenvalue weighted by atomic mass is 9.95. The third kappa shape index (κ3) is 5.19. The first-order chi connectivity index (χ1) is 13.1. The fourth-order valence-electron chi connectivity index (χ4n) is 3.55. The Kier molecular flexibility index (Phi) is 6.67. The molecule has 3 rings (SSSR count). The van der Waals surface area contributed by atoms with Gasteiger partial charge in [0.1, 0.15) is 6.07 Å². The summed E-state index contributed by atoms with van der Waals surface area (Å²) in [6, 6.07) is 6.99. The second-order valence-electron chi connectivity index (χ2n) is 6.96. The smallest absolute Gasteiger partial charge is 0.313 e.